The van der Waals surface area contributed by atoms with Gasteiger partial charge < -0.3 is 19.5 Å². The average Bonchev–Trinajstić information content (AvgIpc) is 2.71. The van der Waals surface area contributed by atoms with E-state index in [-0.39, 0.29) is 18.0 Å². The molecule has 2 aromatic carbocycles. The van der Waals surface area contributed by atoms with Crippen molar-refractivity contribution >= 4 is 37.5 Å². The van der Waals surface area contributed by atoms with Gasteiger partial charge in [-0.1, -0.05) is 6.92 Å². The van der Waals surface area contributed by atoms with E-state index in [9.17, 15) is 13.2 Å². The lowest BCUT2D eigenvalue weighted by Crippen LogP contribution is -2.37. The molecule has 1 aliphatic rings. The largest absolute Gasteiger partial charge is 0.496 e. The quantitative estimate of drug-likeness (QED) is 0.649. The summed E-state index contributed by atoms with van der Waals surface area (Å²) in [4.78, 5) is 12.5. The van der Waals surface area contributed by atoms with Gasteiger partial charge in [-0.15, -0.1) is 0 Å². The molecule has 1 heterocycles. The summed E-state index contributed by atoms with van der Waals surface area (Å²) in [7, 11) is -2.36. The number of nitrogens with one attached hydrogen (secondary N) is 1. The van der Waals surface area contributed by atoms with Crippen molar-refractivity contribution in [3.8, 4) is 17.2 Å². The number of anilines is 1. The third-order valence-electron chi connectivity index (χ3n) is 4.26. The standard InChI is InChI=1S/C19H21BrN2O6S/c1-3-22(29(24,25)14-5-7-16(26-2)15(20)11-14)12-19(23)21-13-4-6-17-18(10-13)28-9-8-27-17/h4-7,10-11H,3,8-9,12H2,1-2H3,(H,21,23). The van der Waals surface area contributed by atoms with Crippen LogP contribution in [-0.4, -0.2) is 52.0 Å². The summed E-state index contributed by atoms with van der Waals surface area (Å²) in [5.74, 6) is 1.21. The van der Waals surface area contributed by atoms with Gasteiger partial charge in [-0.2, -0.15) is 4.31 Å². The van der Waals surface area contributed by atoms with Crippen LogP contribution in [0.25, 0.3) is 0 Å². The molecule has 0 spiro atoms. The molecule has 0 bridgehead atoms. The van der Waals surface area contributed by atoms with Gasteiger partial charge in [-0.3, -0.25) is 4.79 Å². The van der Waals surface area contributed by atoms with Gasteiger partial charge in [0, 0.05) is 18.3 Å². The number of nitrogens with zero attached hydrogens (tertiary/aromatic N) is 1. The van der Waals surface area contributed by atoms with Crippen LogP contribution in [-0.2, 0) is 14.8 Å². The lowest BCUT2D eigenvalue weighted by atomic mass is 10.2. The first-order chi connectivity index (χ1) is 13.8. The highest BCUT2D eigenvalue weighted by Crippen LogP contribution is 2.32. The van der Waals surface area contributed by atoms with E-state index in [2.05, 4.69) is 21.2 Å². The Bertz CT molecular complexity index is 1010. The fourth-order valence-corrected chi connectivity index (χ4v) is 4.93. The van der Waals surface area contributed by atoms with E-state index in [4.69, 9.17) is 14.2 Å². The number of amides is 1. The molecule has 0 saturated heterocycles. The summed E-state index contributed by atoms with van der Waals surface area (Å²) >= 11 is 3.29. The van der Waals surface area contributed by atoms with Gasteiger partial charge in [-0.25, -0.2) is 8.42 Å². The molecular formula is C19H21BrN2O6S. The van der Waals surface area contributed by atoms with Gasteiger partial charge >= 0.3 is 0 Å². The highest BCUT2D eigenvalue weighted by atomic mass is 79.9. The van der Waals surface area contributed by atoms with Crippen LogP contribution in [0.15, 0.2) is 45.8 Å². The third-order valence-corrected chi connectivity index (χ3v) is 6.80. The van der Waals surface area contributed by atoms with Crippen LogP contribution in [0.4, 0.5) is 5.69 Å². The Hall–Kier alpha value is -2.30. The van der Waals surface area contributed by atoms with Crippen molar-refractivity contribution in [3.63, 3.8) is 0 Å². The Balaban J connectivity index is 1.73. The van der Waals surface area contributed by atoms with E-state index in [1.807, 2.05) is 0 Å². The van der Waals surface area contributed by atoms with E-state index in [0.29, 0.717) is 40.6 Å². The van der Waals surface area contributed by atoms with Gasteiger partial charge in [0.1, 0.15) is 19.0 Å². The summed E-state index contributed by atoms with van der Waals surface area (Å²) in [6.07, 6.45) is 0. The van der Waals surface area contributed by atoms with Crippen molar-refractivity contribution < 1.29 is 27.4 Å². The number of halogens is 1. The van der Waals surface area contributed by atoms with Gasteiger partial charge in [0.05, 0.1) is 23.0 Å². The topological polar surface area (TPSA) is 94.2 Å². The summed E-state index contributed by atoms with van der Waals surface area (Å²) in [5.41, 5.74) is 0.500. The highest BCUT2D eigenvalue weighted by molar-refractivity contribution is 9.10. The van der Waals surface area contributed by atoms with Gasteiger partial charge in [-0.05, 0) is 46.3 Å². The molecule has 0 aliphatic carbocycles. The first-order valence-electron chi connectivity index (χ1n) is 8.88. The maximum atomic E-state index is 12.9. The van der Waals surface area contributed by atoms with Gasteiger partial charge in [0.25, 0.3) is 0 Å². The second-order valence-electron chi connectivity index (χ2n) is 6.13. The van der Waals surface area contributed by atoms with Crippen molar-refractivity contribution in [2.75, 3.05) is 38.7 Å². The molecule has 8 nitrogen and oxygen atoms in total. The molecule has 0 unspecified atom stereocenters. The van der Waals surface area contributed by atoms with Crippen LogP contribution >= 0.6 is 15.9 Å². The van der Waals surface area contributed by atoms with E-state index < -0.39 is 15.9 Å². The minimum absolute atomic E-state index is 0.0687. The van der Waals surface area contributed by atoms with Gasteiger partial charge in [0.15, 0.2) is 11.5 Å². The van der Waals surface area contributed by atoms with Crippen molar-refractivity contribution in [1.29, 1.82) is 0 Å². The van der Waals surface area contributed by atoms with Crippen LogP contribution in [0.5, 0.6) is 17.2 Å². The average molecular weight is 485 g/mol. The summed E-state index contributed by atoms with van der Waals surface area (Å²) in [6.45, 7) is 2.40. The van der Waals surface area contributed by atoms with Crippen molar-refractivity contribution in [2.24, 2.45) is 0 Å². The smallest absolute Gasteiger partial charge is 0.243 e. The molecule has 0 radical (unpaired) electrons. The summed E-state index contributed by atoms with van der Waals surface area (Å²) in [6, 6.07) is 9.48. The van der Waals surface area contributed by atoms with E-state index in [1.165, 1.54) is 19.2 Å². The Labute approximate surface area is 177 Å². The molecule has 1 aliphatic heterocycles. The molecule has 2 aromatic rings. The molecule has 0 aromatic heterocycles. The normalized spacial score (nSPS) is 13.2. The lowest BCUT2D eigenvalue weighted by Gasteiger charge is -2.21. The molecule has 1 N–H and O–H groups in total. The van der Waals surface area contributed by atoms with Crippen molar-refractivity contribution in [2.45, 2.75) is 11.8 Å². The monoisotopic (exact) mass is 484 g/mol. The number of ether oxygens (including phenoxy) is 3. The number of methoxy groups -OCH3 is 1. The van der Waals surface area contributed by atoms with Crippen LogP contribution in [0.1, 0.15) is 6.92 Å². The maximum absolute atomic E-state index is 12.9. The van der Waals surface area contributed by atoms with Crippen molar-refractivity contribution in [3.05, 3.63) is 40.9 Å². The molecule has 0 saturated carbocycles. The minimum atomic E-state index is -3.86. The predicted molar refractivity (Wildman–Crippen MR) is 111 cm³/mol. The van der Waals surface area contributed by atoms with Gasteiger partial charge in [0.2, 0.25) is 15.9 Å². The fraction of sp³-hybridized carbons (Fsp3) is 0.316. The lowest BCUT2D eigenvalue weighted by molar-refractivity contribution is -0.116. The zero-order valence-electron chi connectivity index (χ0n) is 16.0. The number of hydrogen-bond acceptors (Lipinski definition) is 6. The third kappa shape index (κ3) is 4.82. The second kappa shape index (κ2) is 9.02. The molecule has 3 rings (SSSR count). The van der Waals surface area contributed by atoms with Crippen LogP contribution < -0.4 is 19.5 Å². The van der Waals surface area contributed by atoms with Crippen molar-refractivity contribution in [1.82, 2.24) is 4.31 Å². The predicted octanol–water partition coefficient (Wildman–Crippen LogP) is 2.88. The molecule has 1 amide bonds. The van der Waals surface area contributed by atoms with E-state index in [1.54, 1.807) is 31.2 Å². The first-order valence-corrected chi connectivity index (χ1v) is 11.1. The SMILES string of the molecule is CCN(CC(=O)Nc1ccc2c(c1)OCCO2)S(=O)(=O)c1ccc(OC)c(Br)c1. The Morgan fingerprint density at radius 2 is 1.90 bits per heavy atom. The fourth-order valence-electron chi connectivity index (χ4n) is 2.81. The number of hydrogen-bond donors (Lipinski definition) is 1. The number of fused-ring (bicyclic) bond motifs is 1. The summed E-state index contributed by atoms with van der Waals surface area (Å²) < 4.78 is 43.6. The van der Waals surface area contributed by atoms with Crippen LogP contribution in [0, 0.1) is 0 Å². The summed E-state index contributed by atoms with van der Waals surface area (Å²) in [5, 5.41) is 2.70. The zero-order valence-corrected chi connectivity index (χ0v) is 18.4. The Kier molecular flexibility index (Phi) is 6.66. The Morgan fingerprint density at radius 1 is 1.17 bits per heavy atom. The molecule has 29 heavy (non-hydrogen) atoms. The van der Waals surface area contributed by atoms with E-state index >= 15 is 0 Å². The second-order valence-corrected chi connectivity index (χ2v) is 8.93. The molecule has 0 atom stereocenters. The van der Waals surface area contributed by atoms with E-state index in [0.717, 1.165) is 4.31 Å². The number of rotatable bonds is 7. The van der Waals surface area contributed by atoms with Crippen LogP contribution in [0.2, 0.25) is 0 Å². The Morgan fingerprint density at radius 3 is 2.55 bits per heavy atom. The van der Waals surface area contributed by atoms with Crippen LogP contribution in [0.3, 0.4) is 0 Å². The molecule has 10 heteroatoms. The molecule has 0 fully saturated rings. The highest BCUT2D eigenvalue weighted by Gasteiger charge is 2.26. The zero-order chi connectivity index (χ0) is 21.0. The number of likely N-dealkylation sites (N-methyl/N-ethyl adjacent to an activating group) is 1. The number of carbonyl (C=O) groups excluding carboxylic acids is 1. The maximum Gasteiger partial charge on any atom is 0.243 e. The minimum Gasteiger partial charge on any atom is -0.496 e. The number of benzene rings is 2. The molecular weight excluding hydrogens is 464 g/mol. The number of carbonyl (C=O) groups is 1. The first kappa shape index (κ1) is 21.4. The number of sulfonamides is 1. The molecule has 156 valence electrons.